The molecule has 1 unspecified atom stereocenters. The number of benzene rings is 1. The van der Waals surface area contributed by atoms with E-state index in [1.807, 2.05) is 13.2 Å². The predicted octanol–water partition coefficient (Wildman–Crippen LogP) is 4.30. The molecule has 2 rings (SSSR count). The molecule has 112 valence electrons. The van der Waals surface area contributed by atoms with Gasteiger partial charge in [0.25, 0.3) is 0 Å². The van der Waals surface area contributed by atoms with Gasteiger partial charge in [-0.05, 0) is 50.2 Å². The van der Waals surface area contributed by atoms with E-state index < -0.39 is 0 Å². The molecule has 1 atom stereocenters. The summed E-state index contributed by atoms with van der Waals surface area (Å²) in [6, 6.07) is 15.1. The molecular weight excluding hydrogens is 258 g/mol. The van der Waals surface area contributed by atoms with Crippen LogP contribution in [0.25, 0.3) is 0 Å². The Bertz CT molecular complexity index is 539. The van der Waals surface area contributed by atoms with Crippen molar-refractivity contribution in [2.24, 2.45) is 0 Å². The van der Waals surface area contributed by atoms with Gasteiger partial charge in [-0.1, -0.05) is 31.5 Å². The molecule has 0 amide bonds. The lowest BCUT2D eigenvalue weighted by Crippen LogP contribution is -2.20. The summed E-state index contributed by atoms with van der Waals surface area (Å²) in [5.41, 5.74) is 2.47. The van der Waals surface area contributed by atoms with E-state index in [1.54, 1.807) is 0 Å². The summed E-state index contributed by atoms with van der Waals surface area (Å²) < 4.78 is 0. The van der Waals surface area contributed by atoms with Crippen LogP contribution in [0.15, 0.2) is 48.7 Å². The summed E-state index contributed by atoms with van der Waals surface area (Å²) in [6.07, 6.45) is 4.23. The number of para-hydroxylation sites is 1. The standard InChI is InChI=1S/C18H25N3/c1-4-5-13-21(17-9-7-6-8-10-17)18-14-16(11-12-20-18)15(2)19-3/h6-12,14-15,19H,4-5,13H2,1-3H3. The van der Waals surface area contributed by atoms with Gasteiger partial charge in [-0.2, -0.15) is 0 Å². The monoisotopic (exact) mass is 283 g/mol. The van der Waals surface area contributed by atoms with Gasteiger partial charge in [0.15, 0.2) is 0 Å². The van der Waals surface area contributed by atoms with Crippen LogP contribution in [-0.2, 0) is 0 Å². The molecular formula is C18H25N3. The lowest BCUT2D eigenvalue weighted by atomic mass is 10.1. The first-order chi connectivity index (χ1) is 10.3. The van der Waals surface area contributed by atoms with E-state index in [0.29, 0.717) is 6.04 Å². The molecule has 0 radical (unpaired) electrons. The zero-order valence-corrected chi connectivity index (χ0v) is 13.2. The van der Waals surface area contributed by atoms with Crippen LogP contribution in [0.4, 0.5) is 11.5 Å². The molecule has 1 aromatic heterocycles. The molecule has 0 saturated heterocycles. The minimum Gasteiger partial charge on any atom is -0.326 e. The third kappa shape index (κ3) is 4.05. The van der Waals surface area contributed by atoms with E-state index >= 15 is 0 Å². The number of hydrogen-bond acceptors (Lipinski definition) is 3. The van der Waals surface area contributed by atoms with E-state index in [2.05, 4.69) is 71.5 Å². The zero-order valence-electron chi connectivity index (χ0n) is 13.2. The van der Waals surface area contributed by atoms with E-state index in [1.165, 1.54) is 17.7 Å². The van der Waals surface area contributed by atoms with Gasteiger partial charge < -0.3 is 10.2 Å². The van der Waals surface area contributed by atoms with Crippen LogP contribution < -0.4 is 10.2 Å². The summed E-state index contributed by atoms with van der Waals surface area (Å²) in [6.45, 7) is 5.37. The summed E-state index contributed by atoms with van der Waals surface area (Å²) >= 11 is 0. The summed E-state index contributed by atoms with van der Waals surface area (Å²) in [5.74, 6) is 1.02. The first kappa shape index (κ1) is 15.5. The molecule has 0 spiro atoms. The normalized spacial score (nSPS) is 12.1. The van der Waals surface area contributed by atoms with E-state index in [-0.39, 0.29) is 0 Å². The van der Waals surface area contributed by atoms with Crippen molar-refractivity contribution in [2.75, 3.05) is 18.5 Å². The van der Waals surface area contributed by atoms with Crippen LogP contribution in [0.5, 0.6) is 0 Å². The molecule has 21 heavy (non-hydrogen) atoms. The SMILES string of the molecule is CCCCN(c1ccccc1)c1cc(C(C)NC)ccn1. The van der Waals surface area contributed by atoms with Crippen molar-refractivity contribution in [3.63, 3.8) is 0 Å². The molecule has 0 fully saturated rings. The van der Waals surface area contributed by atoms with Gasteiger partial charge >= 0.3 is 0 Å². The Labute approximate surface area is 128 Å². The van der Waals surface area contributed by atoms with Crippen molar-refractivity contribution < 1.29 is 0 Å². The van der Waals surface area contributed by atoms with Gasteiger partial charge in [0.1, 0.15) is 5.82 Å². The van der Waals surface area contributed by atoms with Crippen LogP contribution in [0, 0.1) is 0 Å². The largest absolute Gasteiger partial charge is 0.326 e. The molecule has 0 aliphatic carbocycles. The van der Waals surface area contributed by atoms with Gasteiger partial charge in [0, 0.05) is 24.5 Å². The van der Waals surface area contributed by atoms with E-state index in [9.17, 15) is 0 Å². The summed E-state index contributed by atoms with van der Waals surface area (Å²) in [4.78, 5) is 6.88. The molecule has 0 aliphatic heterocycles. The van der Waals surface area contributed by atoms with Crippen molar-refractivity contribution in [3.8, 4) is 0 Å². The average Bonchev–Trinajstić information content (AvgIpc) is 2.56. The highest BCUT2D eigenvalue weighted by molar-refractivity contribution is 5.60. The fourth-order valence-electron chi connectivity index (χ4n) is 2.32. The van der Waals surface area contributed by atoms with Gasteiger partial charge in [-0.25, -0.2) is 4.98 Å². The number of pyridine rings is 1. The fraction of sp³-hybridized carbons (Fsp3) is 0.389. The Morgan fingerprint density at radius 1 is 1.19 bits per heavy atom. The van der Waals surface area contributed by atoms with Crippen molar-refractivity contribution in [1.82, 2.24) is 10.3 Å². The van der Waals surface area contributed by atoms with Crippen molar-refractivity contribution in [1.29, 1.82) is 0 Å². The molecule has 0 saturated carbocycles. The maximum Gasteiger partial charge on any atom is 0.133 e. The number of aromatic nitrogens is 1. The van der Waals surface area contributed by atoms with Gasteiger partial charge in [-0.15, -0.1) is 0 Å². The first-order valence-electron chi connectivity index (χ1n) is 7.72. The molecule has 3 nitrogen and oxygen atoms in total. The van der Waals surface area contributed by atoms with Crippen LogP contribution in [0.3, 0.4) is 0 Å². The molecule has 1 N–H and O–H groups in total. The minimum atomic E-state index is 0.329. The summed E-state index contributed by atoms with van der Waals surface area (Å²) in [5, 5.41) is 3.28. The number of hydrogen-bond donors (Lipinski definition) is 1. The Kier molecular flexibility index (Phi) is 5.76. The first-order valence-corrected chi connectivity index (χ1v) is 7.72. The second kappa shape index (κ2) is 7.79. The maximum absolute atomic E-state index is 4.58. The molecule has 3 heteroatoms. The second-order valence-electron chi connectivity index (χ2n) is 5.30. The maximum atomic E-state index is 4.58. The van der Waals surface area contributed by atoms with Gasteiger partial charge in [0.05, 0.1) is 0 Å². The quantitative estimate of drug-likeness (QED) is 0.821. The number of nitrogens with one attached hydrogen (secondary N) is 1. The summed E-state index contributed by atoms with van der Waals surface area (Å²) in [7, 11) is 1.98. The molecule has 1 aromatic carbocycles. The van der Waals surface area contributed by atoms with Crippen LogP contribution >= 0.6 is 0 Å². The topological polar surface area (TPSA) is 28.2 Å². The van der Waals surface area contributed by atoms with E-state index in [4.69, 9.17) is 0 Å². The number of rotatable bonds is 7. The van der Waals surface area contributed by atoms with Crippen molar-refractivity contribution in [3.05, 3.63) is 54.2 Å². The van der Waals surface area contributed by atoms with Crippen LogP contribution in [0.1, 0.15) is 38.3 Å². The van der Waals surface area contributed by atoms with Gasteiger partial charge in [-0.3, -0.25) is 0 Å². The Morgan fingerprint density at radius 3 is 2.62 bits per heavy atom. The van der Waals surface area contributed by atoms with Crippen LogP contribution in [-0.4, -0.2) is 18.6 Å². The molecule has 0 bridgehead atoms. The number of unbranched alkanes of at least 4 members (excludes halogenated alkanes) is 1. The minimum absolute atomic E-state index is 0.329. The highest BCUT2D eigenvalue weighted by atomic mass is 15.2. The Hall–Kier alpha value is -1.87. The van der Waals surface area contributed by atoms with E-state index in [0.717, 1.165) is 18.8 Å². The van der Waals surface area contributed by atoms with Crippen molar-refractivity contribution in [2.45, 2.75) is 32.7 Å². The van der Waals surface area contributed by atoms with Gasteiger partial charge in [0.2, 0.25) is 0 Å². The lowest BCUT2D eigenvalue weighted by Gasteiger charge is -2.25. The van der Waals surface area contributed by atoms with Crippen molar-refractivity contribution >= 4 is 11.5 Å². The number of anilines is 2. The smallest absolute Gasteiger partial charge is 0.133 e. The highest BCUT2D eigenvalue weighted by Crippen LogP contribution is 2.26. The molecule has 2 aromatic rings. The molecule has 0 aliphatic rings. The zero-order chi connectivity index (χ0) is 15.1. The Morgan fingerprint density at radius 2 is 1.95 bits per heavy atom. The fourth-order valence-corrected chi connectivity index (χ4v) is 2.32. The average molecular weight is 283 g/mol. The lowest BCUT2D eigenvalue weighted by molar-refractivity contribution is 0.651. The number of nitrogens with zero attached hydrogens (tertiary/aromatic N) is 2. The third-order valence-electron chi connectivity index (χ3n) is 3.78. The second-order valence-corrected chi connectivity index (χ2v) is 5.30. The Balaban J connectivity index is 2.32. The molecule has 1 heterocycles. The van der Waals surface area contributed by atoms with Crippen LogP contribution in [0.2, 0.25) is 0 Å². The predicted molar refractivity (Wildman–Crippen MR) is 90.1 cm³/mol. The third-order valence-corrected chi connectivity index (χ3v) is 3.78. The highest BCUT2D eigenvalue weighted by Gasteiger charge is 2.12.